The van der Waals surface area contributed by atoms with Gasteiger partial charge in [0.25, 0.3) is 5.91 Å². The van der Waals surface area contributed by atoms with Crippen LogP contribution in [0.2, 0.25) is 5.02 Å². The van der Waals surface area contributed by atoms with Crippen LogP contribution in [0.4, 0.5) is 0 Å². The Morgan fingerprint density at radius 3 is 2.41 bits per heavy atom. The average Bonchev–Trinajstić information content (AvgIpc) is 3.39. The lowest BCUT2D eigenvalue weighted by molar-refractivity contribution is 0.0955. The highest BCUT2D eigenvalue weighted by atomic mass is 79.9. The lowest BCUT2D eigenvalue weighted by Gasteiger charge is -2.13. The van der Waals surface area contributed by atoms with E-state index in [1.807, 2.05) is 54.6 Å². The van der Waals surface area contributed by atoms with Crippen LogP contribution >= 0.6 is 27.5 Å². The van der Waals surface area contributed by atoms with Crippen LogP contribution < -0.4 is 14.9 Å². The summed E-state index contributed by atoms with van der Waals surface area (Å²) in [6, 6.07) is 32.9. The average molecular weight is 629 g/mol. The third-order valence-electron chi connectivity index (χ3n) is 6.53. The lowest BCUT2D eigenvalue weighted by atomic mass is 10.1. The third-order valence-corrected chi connectivity index (χ3v) is 7.58. The van der Waals surface area contributed by atoms with Gasteiger partial charge >= 0.3 is 0 Å². The van der Waals surface area contributed by atoms with Gasteiger partial charge < -0.3 is 14.0 Å². The maximum atomic E-state index is 12.8. The molecule has 1 amide bonds. The second-order valence-corrected chi connectivity index (χ2v) is 10.5. The Morgan fingerprint density at radius 1 is 0.951 bits per heavy atom. The Labute approximate surface area is 252 Å². The summed E-state index contributed by atoms with van der Waals surface area (Å²) in [4.78, 5) is 12.8. The Bertz CT molecular complexity index is 1700. The zero-order valence-electron chi connectivity index (χ0n) is 22.5. The summed E-state index contributed by atoms with van der Waals surface area (Å²) in [5.74, 6) is 0.760. The molecule has 0 aliphatic carbocycles. The minimum Gasteiger partial charge on any atom is -0.493 e. The molecule has 0 radical (unpaired) electrons. The van der Waals surface area contributed by atoms with Gasteiger partial charge in [-0.2, -0.15) is 5.10 Å². The van der Waals surface area contributed by atoms with E-state index in [1.165, 1.54) is 0 Å². The van der Waals surface area contributed by atoms with Crippen LogP contribution in [-0.2, 0) is 6.61 Å². The molecule has 5 rings (SSSR count). The van der Waals surface area contributed by atoms with Crippen molar-refractivity contribution in [3.8, 4) is 28.4 Å². The molecular formula is C33H27BrClN3O3. The molecule has 0 saturated carbocycles. The molecule has 0 fully saturated rings. The molecule has 0 saturated heterocycles. The zero-order valence-corrected chi connectivity index (χ0v) is 24.8. The van der Waals surface area contributed by atoms with E-state index in [9.17, 15) is 4.79 Å². The second-order valence-electron chi connectivity index (χ2n) is 9.21. The van der Waals surface area contributed by atoms with E-state index in [-0.39, 0.29) is 5.91 Å². The van der Waals surface area contributed by atoms with Crippen LogP contribution in [-0.4, -0.2) is 23.8 Å². The Morgan fingerprint density at radius 2 is 1.68 bits per heavy atom. The summed E-state index contributed by atoms with van der Waals surface area (Å²) >= 11 is 9.79. The van der Waals surface area contributed by atoms with Crippen LogP contribution in [0.5, 0.6) is 11.5 Å². The summed E-state index contributed by atoms with van der Waals surface area (Å²) < 4.78 is 14.4. The molecule has 0 atom stereocenters. The first-order chi connectivity index (χ1) is 19.9. The maximum Gasteiger partial charge on any atom is 0.271 e. The van der Waals surface area contributed by atoms with Gasteiger partial charge in [-0.15, -0.1) is 0 Å². The number of hydrazone groups is 1. The third kappa shape index (κ3) is 6.53. The number of hydrogen-bond acceptors (Lipinski definition) is 4. The Balaban J connectivity index is 1.26. The minimum atomic E-state index is -0.317. The maximum absolute atomic E-state index is 12.8. The molecule has 0 bridgehead atoms. The summed E-state index contributed by atoms with van der Waals surface area (Å²) in [5.41, 5.74) is 8.96. The van der Waals surface area contributed by atoms with Crippen molar-refractivity contribution in [2.75, 3.05) is 7.11 Å². The number of carbonyl (C=O) groups excluding carboxylic acids is 1. The molecule has 6 nitrogen and oxygen atoms in total. The number of benzene rings is 4. The van der Waals surface area contributed by atoms with Crippen molar-refractivity contribution in [3.63, 3.8) is 0 Å². The largest absolute Gasteiger partial charge is 0.493 e. The molecule has 41 heavy (non-hydrogen) atoms. The molecule has 4 aromatic carbocycles. The summed E-state index contributed by atoms with van der Waals surface area (Å²) in [7, 11) is 1.57. The number of aryl methyl sites for hydroxylation is 1. The van der Waals surface area contributed by atoms with Gasteiger partial charge in [0.2, 0.25) is 0 Å². The molecule has 1 heterocycles. The number of hydrogen-bond donors (Lipinski definition) is 1. The van der Waals surface area contributed by atoms with Gasteiger partial charge in [0.15, 0.2) is 11.5 Å². The minimum absolute atomic E-state index is 0.294. The standard InChI is InChI=1S/C33H27BrClN3O3/c1-22-12-17-30(23-8-4-3-5-9-23)38(22)27-15-13-24(14-16-27)33(39)37-36-20-26-18-31(40-2)32(19-28(26)34)41-21-25-10-6-7-11-29(25)35/h3-20H,21H2,1-2H3,(H,37,39)/b36-20+. The van der Waals surface area contributed by atoms with Gasteiger partial charge in [-0.05, 0) is 83.0 Å². The number of rotatable bonds is 9. The van der Waals surface area contributed by atoms with Crippen LogP contribution in [0.3, 0.4) is 0 Å². The van der Waals surface area contributed by atoms with Crippen LogP contribution in [0.1, 0.15) is 27.2 Å². The first-order valence-corrected chi connectivity index (χ1v) is 14.0. The van der Waals surface area contributed by atoms with Crippen LogP contribution in [0.15, 0.2) is 113 Å². The number of amides is 1. The summed E-state index contributed by atoms with van der Waals surface area (Å²) in [6.07, 6.45) is 1.55. The van der Waals surface area contributed by atoms with Crippen molar-refractivity contribution in [2.24, 2.45) is 5.10 Å². The number of aromatic nitrogens is 1. The van der Waals surface area contributed by atoms with E-state index in [1.54, 1.807) is 37.6 Å². The molecule has 0 unspecified atom stereocenters. The van der Waals surface area contributed by atoms with E-state index < -0.39 is 0 Å². The molecule has 8 heteroatoms. The van der Waals surface area contributed by atoms with E-state index in [0.29, 0.717) is 34.3 Å². The van der Waals surface area contributed by atoms with Crippen molar-refractivity contribution < 1.29 is 14.3 Å². The fourth-order valence-corrected chi connectivity index (χ4v) is 5.01. The van der Waals surface area contributed by atoms with E-state index in [2.05, 4.69) is 62.2 Å². The highest BCUT2D eigenvalue weighted by Crippen LogP contribution is 2.34. The van der Waals surface area contributed by atoms with Crippen molar-refractivity contribution >= 4 is 39.7 Å². The number of halogens is 2. The molecule has 1 N–H and O–H groups in total. The summed E-state index contributed by atoms with van der Waals surface area (Å²) in [5, 5.41) is 4.79. The zero-order chi connectivity index (χ0) is 28.8. The smallest absolute Gasteiger partial charge is 0.271 e. The first kappa shape index (κ1) is 28.2. The van der Waals surface area contributed by atoms with Crippen LogP contribution in [0, 0.1) is 6.92 Å². The molecule has 5 aromatic rings. The predicted octanol–water partition coefficient (Wildman–Crippen LogP) is 8.22. The molecule has 1 aromatic heterocycles. The number of carbonyl (C=O) groups is 1. The molecular weight excluding hydrogens is 602 g/mol. The fourth-order valence-electron chi connectivity index (χ4n) is 4.40. The van der Waals surface area contributed by atoms with Crippen molar-refractivity contribution in [3.05, 3.63) is 135 Å². The normalized spacial score (nSPS) is 11.0. The van der Waals surface area contributed by atoms with Gasteiger partial charge in [-0.3, -0.25) is 4.79 Å². The SMILES string of the molecule is COc1cc(/C=N/NC(=O)c2ccc(-n3c(C)ccc3-c3ccccc3)cc2)c(Br)cc1OCc1ccccc1Cl. The number of methoxy groups -OCH3 is 1. The van der Waals surface area contributed by atoms with Gasteiger partial charge in [-0.25, -0.2) is 5.43 Å². The first-order valence-electron chi connectivity index (χ1n) is 12.9. The molecule has 206 valence electrons. The monoisotopic (exact) mass is 627 g/mol. The van der Waals surface area contributed by atoms with Gasteiger partial charge in [0, 0.05) is 37.6 Å². The van der Waals surface area contributed by atoms with Crippen molar-refractivity contribution in [1.29, 1.82) is 0 Å². The topological polar surface area (TPSA) is 64.8 Å². The van der Waals surface area contributed by atoms with Crippen molar-refractivity contribution in [2.45, 2.75) is 13.5 Å². The van der Waals surface area contributed by atoms with E-state index >= 15 is 0 Å². The summed E-state index contributed by atoms with van der Waals surface area (Å²) in [6.45, 7) is 2.36. The quantitative estimate of drug-likeness (QED) is 0.132. The second kappa shape index (κ2) is 12.9. The Kier molecular flexibility index (Phi) is 8.87. The van der Waals surface area contributed by atoms with E-state index in [0.717, 1.165) is 32.7 Å². The number of nitrogens with zero attached hydrogens (tertiary/aromatic N) is 2. The van der Waals surface area contributed by atoms with E-state index in [4.69, 9.17) is 21.1 Å². The van der Waals surface area contributed by atoms with Gasteiger partial charge in [-0.1, -0.05) is 60.1 Å². The van der Waals surface area contributed by atoms with Crippen molar-refractivity contribution in [1.82, 2.24) is 9.99 Å². The molecule has 0 aliphatic heterocycles. The lowest BCUT2D eigenvalue weighted by Crippen LogP contribution is -2.17. The Hall–Kier alpha value is -4.33. The highest BCUT2D eigenvalue weighted by Gasteiger charge is 2.13. The van der Waals surface area contributed by atoms with Crippen LogP contribution in [0.25, 0.3) is 16.9 Å². The van der Waals surface area contributed by atoms with Gasteiger partial charge in [0.1, 0.15) is 6.61 Å². The molecule has 0 aliphatic rings. The van der Waals surface area contributed by atoms with Gasteiger partial charge in [0.05, 0.1) is 19.0 Å². The predicted molar refractivity (Wildman–Crippen MR) is 167 cm³/mol. The highest BCUT2D eigenvalue weighted by molar-refractivity contribution is 9.10. The number of nitrogens with one attached hydrogen (secondary N) is 1. The number of ether oxygens (including phenoxy) is 2. The fraction of sp³-hybridized carbons (Fsp3) is 0.0909. The molecule has 0 spiro atoms.